The van der Waals surface area contributed by atoms with Crippen LogP contribution in [-0.2, 0) is 9.31 Å². The molecule has 2 fully saturated rings. The van der Waals surface area contributed by atoms with E-state index >= 15 is 0 Å². The van der Waals surface area contributed by atoms with Gasteiger partial charge in [-0.05, 0) is 53.0 Å². The molecule has 0 bridgehead atoms. The Bertz CT molecular complexity index is 581. The summed E-state index contributed by atoms with van der Waals surface area (Å²) in [7, 11) is -0.481. The minimum Gasteiger partial charge on any atom is -0.399 e. The lowest BCUT2D eigenvalue weighted by molar-refractivity contribution is 0.00578. The first-order chi connectivity index (χ1) is 10.7. The van der Waals surface area contributed by atoms with Crippen molar-refractivity contribution in [1.82, 2.24) is 4.98 Å². The maximum Gasteiger partial charge on any atom is 0.496 e. The van der Waals surface area contributed by atoms with Crippen molar-refractivity contribution in [3.05, 3.63) is 17.4 Å². The van der Waals surface area contributed by atoms with Gasteiger partial charge in [0.05, 0.1) is 16.9 Å². The maximum absolute atomic E-state index is 10.2. The molecular weight excluding hydrogens is 314 g/mol. The van der Waals surface area contributed by atoms with Crippen LogP contribution in [0, 0.1) is 0 Å². The molecule has 126 valence electrons. The number of rotatable bonds is 2. The number of aliphatic hydroxyl groups excluding tert-OH is 1. The molecule has 1 N–H and O–H groups in total. The predicted octanol–water partition coefficient (Wildman–Crippen LogP) is 2.34. The number of hydrogen-bond acceptors (Lipinski definition) is 5. The third-order valence-electron chi connectivity index (χ3n) is 5.15. The van der Waals surface area contributed by atoms with Gasteiger partial charge in [0, 0.05) is 18.2 Å². The van der Waals surface area contributed by atoms with Gasteiger partial charge >= 0.3 is 7.12 Å². The van der Waals surface area contributed by atoms with E-state index in [0.29, 0.717) is 5.15 Å². The van der Waals surface area contributed by atoms with Crippen LogP contribution < -0.4 is 10.4 Å². The number of halogens is 1. The van der Waals surface area contributed by atoms with E-state index in [2.05, 4.69) is 4.98 Å². The summed E-state index contributed by atoms with van der Waals surface area (Å²) >= 11 is 6.27. The molecule has 0 amide bonds. The van der Waals surface area contributed by atoms with E-state index in [9.17, 15) is 5.11 Å². The number of nitrogens with zero attached hydrogens (tertiary/aromatic N) is 2. The highest BCUT2D eigenvalue weighted by Crippen LogP contribution is 2.37. The molecule has 5 nitrogen and oxygen atoms in total. The molecule has 3 rings (SSSR count). The van der Waals surface area contributed by atoms with Gasteiger partial charge in [0.25, 0.3) is 0 Å². The normalized spacial score (nSPS) is 26.6. The van der Waals surface area contributed by atoms with Gasteiger partial charge in [0.15, 0.2) is 5.15 Å². The molecule has 1 unspecified atom stereocenters. The van der Waals surface area contributed by atoms with Crippen LogP contribution in [0.1, 0.15) is 47.0 Å². The van der Waals surface area contributed by atoms with E-state index in [0.717, 1.165) is 37.0 Å². The van der Waals surface area contributed by atoms with Crippen molar-refractivity contribution >= 4 is 29.9 Å². The molecule has 3 heterocycles. The Labute approximate surface area is 143 Å². The summed E-state index contributed by atoms with van der Waals surface area (Å²) < 4.78 is 12.1. The van der Waals surface area contributed by atoms with E-state index < -0.39 is 24.5 Å². The van der Waals surface area contributed by atoms with Crippen LogP contribution in [0.4, 0.5) is 5.69 Å². The van der Waals surface area contributed by atoms with Crippen LogP contribution in [0.3, 0.4) is 0 Å². The highest BCUT2D eigenvalue weighted by molar-refractivity contribution is 6.62. The first-order valence-corrected chi connectivity index (χ1v) is 8.55. The maximum atomic E-state index is 10.2. The number of aromatic nitrogens is 1. The fourth-order valence-corrected chi connectivity index (χ4v) is 3.17. The number of piperidine rings is 1. The molecule has 2 aliphatic heterocycles. The van der Waals surface area contributed by atoms with Gasteiger partial charge in [-0.1, -0.05) is 11.6 Å². The first-order valence-electron chi connectivity index (χ1n) is 8.17. The summed E-state index contributed by atoms with van der Waals surface area (Å²) in [6, 6.07) is 1.92. The lowest BCUT2D eigenvalue weighted by Gasteiger charge is -2.34. The van der Waals surface area contributed by atoms with Crippen molar-refractivity contribution in [2.75, 3.05) is 11.4 Å². The van der Waals surface area contributed by atoms with Gasteiger partial charge in [-0.3, -0.25) is 0 Å². The Morgan fingerprint density at radius 3 is 2.52 bits per heavy atom. The fourth-order valence-electron chi connectivity index (χ4n) is 2.96. The van der Waals surface area contributed by atoms with Crippen LogP contribution in [-0.4, -0.2) is 41.2 Å². The molecular formula is C16H24BClN2O3. The second-order valence-electron chi connectivity index (χ2n) is 7.34. The Morgan fingerprint density at radius 1 is 1.26 bits per heavy atom. The zero-order valence-corrected chi connectivity index (χ0v) is 14.9. The van der Waals surface area contributed by atoms with Gasteiger partial charge < -0.3 is 19.3 Å². The Hall–Kier alpha value is -0.815. The highest BCUT2D eigenvalue weighted by atomic mass is 35.5. The van der Waals surface area contributed by atoms with Gasteiger partial charge in [0.1, 0.15) is 6.23 Å². The molecule has 0 spiro atoms. The molecule has 2 aliphatic rings. The number of aliphatic hydroxyl groups is 1. The summed E-state index contributed by atoms with van der Waals surface area (Å²) in [6.07, 6.45) is 3.98. The van der Waals surface area contributed by atoms with Gasteiger partial charge in [0.2, 0.25) is 0 Å². The number of pyridine rings is 1. The fraction of sp³-hybridized carbons (Fsp3) is 0.688. The standard InChI is InChI=1S/C16H24BClN2O3/c1-15(2)16(3,4)23-17(22-15)11-9-12(14(18)19-10-11)20-8-6-5-7-13(20)21/h9-10,13,21H,5-8H2,1-4H3. The summed E-state index contributed by atoms with van der Waals surface area (Å²) in [4.78, 5) is 6.19. The summed E-state index contributed by atoms with van der Waals surface area (Å²) in [5.74, 6) is 0. The quantitative estimate of drug-likeness (QED) is 0.662. The zero-order valence-electron chi connectivity index (χ0n) is 14.2. The lowest BCUT2D eigenvalue weighted by atomic mass is 9.80. The number of hydrogen-bond donors (Lipinski definition) is 1. The molecule has 1 atom stereocenters. The van der Waals surface area contributed by atoms with Gasteiger partial charge in [-0.15, -0.1) is 0 Å². The van der Waals surface area contributed by atoms with Crippen molar-refractivity contribution in [3.63, 3.8) is 0 Å². The van der Waals surface area contributed by atoms with E-state index in [1.807, 2.05) is 38.7 Å². The topological polar surface area (TPSA) is 54.8 Å². The third-order valence-corrected chi connectivity index (χ3v) is 5.44. The SMILES string of the molecule is CC1(C)OB(c2cnc(Cl)c(N3CCCCC3O)c2)OC1(C)C. The Morgan fingerprint density at radius 2 is 1.91 bits per heavy atom. The van der Waals surface area contributed by atoms with Crippen molar-refractivity contribution in [3.8, 4) is 0 Å². The largest absolute Gasteiger partial charge is 0.496 e. The Balaban J connectivity index is 1.89. The van der Waals surface area contributed by atoms with Crippen LogP contribution >= 0.6 is 11.6 Å². The van der Waals surface area contributed by atoms with Crippen LogP contribution in [0.2, 0.25) is 5.15 Å². The smallest absolute Gasteiger partial charge is 0.399 e. The first kappa shape index (κ1) is 17.0. The van der Waals surface area contributed by atoms with Crippen molar-refractivity contribution in [1.29, 1.82) is 0 Å². The average Bonchev–Trinajstić information content (AvgIpc) is 2.69. The summed E-state index contributed by atoms with van der Waals surface area (Å²) in [5, 5.41) is 10.6. The highest BCUT2D eigenvalue weighted by Gasteiger charge is 2.52. The molecule has 0 aliphatic carbocycles. The second kappa shape index (κ2) is 5.92. The van der Waals surface area contributed by atoms with E-state index in [-0.39, 0.29) is 0 Å². The van der Waals surface area contributed by atoms with E-state index in [1.54, 1.807) is 6.20 Å². The molecule has 2 saturated heterocycles. The molecule has 0 radical (unpaired) electrons. The van der Waals surface area contributed by atoms with E-state index in [1.165, 1.54) is 0 Å². The number of anilines is 1. The Kier molecular flexibility index (Phi) is 4.38. The third kappa shape index (κ3) is 3.10. The van der Waals surface area contributed by atoms with Crippen LogP contribution in [0.5, 0.6) is 0 Å². The van der Waals surface area contributed by atoms with Gasteiger partial charge in [-0.25, -0.2) is 4.98 Å². The van der Waals surface area contributed by atoms with Crippen molar-refractivity contribution < 1.29 is 14.4 Å². The van der Waals surface area contributed by atoms with Gasteiger partial charge in [-0.2, -0.15) is 0 Å². The molecule has 0 saturated carbocycles. The average molecular weight is 339 g/mol. The minimum absolute atomic E-state index is 0.395. The minimum atomic E-state index is -0.517. The van der Waals surface area contributed by atoms with Crippen LogP contribution in [0.25, 0.3) is 0 Å². The summed E-state index contributed by atoms with van der Waals surface area (Å²) in [5.41, 5.74) is 0.761. The monoisotopic (exact) mass is 338 g/mol. The molecule has 1 aromatic rings. The zero-order chi connectivity index (χ0) is 16.8. The summed E-state index contributed by atoms with van der Waals surface area (Å²) in [6.45, 7) is 8.85. The van der Waals surface area contributed by atoms with Crippen molar-refractivity contribution in [2.24, 2.45) is 0 Å². The molecule has 0 aromatic carbocycles. The molecule has 7 heteroatoms. The molecule has 1 aromatic heterocycles. The second-order valence-corrected chi connectivity index (χ2v) is 7.69. The van der Waals surface area contributed by atoms with Crippen molar-refractivity contribution in [2.45, 2.75) is 64.4 Å². The molecule has 23 heavy (non-hydrogen) atoms. The van der Waals surface area contributed by atoms with Crippen LogP contribution in [0.15, 0.2) is 12.3 Å². The lowest BCUT2D eigenvalue weighted by Crippen LogP contribution is -2.41. The predicted molar refractivity (Wildman–Crippen MR) is 92.2 cm³/mol. The van der Waals surface area contributed by atoms with E-state index in [4.69, 9.17) is 20.9 Å².